The molecule has 31 heavy (non-hydrogen) atoms. The third-order valence-corrected chi connectivity index (χ3v) is 4.45. The van der Waals surface area contributed by atoms with Crippen molar-refractivity contribution in [1.29, 1.82) is 0 Å². The van der Waals surface area contributed by atoms with Crippen molar-refractivity contribution in [3.8, 4) is 17.4 Å². The van der Waals surface area contributed by atoms with Gasteiger partial charge in [0, 0.05) is 17.7 Å². The fourth-order valence-corrected chi connectivity index (χ4v) is 2.86. The second kappa shape index (κ2) is 7.98. The van der Waals surface area contributed by atoms with Gasteiger partial charge in [-0.25, -0.2) is 13.8 Å². The lowest BCUT2D eigenvalue weighted by atomic mass is 10.1. The Balaban J connectivity index is 1.79. The number of aromatic amines is 1. The molecule has 0 aliphatic rings. The van der Waals surface area contributed by atoms with Gasteiger partial charge in [-0.15, -0.1) is 0 Å². The van der Waals surface area contributed by atoms with Crippen LogP contribution in [0.5, 0.6) is 0 Å². The minimum atomic E-state index is -1.15. The predicted octanol–water partition coefficient (Wildman–Crippen LogP) is 3.87. The van der Waals surface area contributed by atoms with E-state index in [4.69, 9.17) is 4.42 Å². The monoisotopic (exact) mass is 425 g/mol. The van der Waals surface area contributed by atoms with Gasteiger partial charge in [0.15, 0.2) is 17.4 Å². The number of anilines is 1. The topological polar surface area (TPSA) is 106 Å². The summed E-state index contributed by atoms with van der Waals surface area (Å²) in [6.07, 6.45) is 1.47. The molecule has 0 spiro atoms. The van der Waals surface area contributed by atoms with Gasteiger partial charge in [0.25, 0.3) is 11.5 Å². The van der Waals surface area contributed by atoms with Gasteiger partial charge in [0.05, 0.1) is 12.0 Å². The van der Waals surface area contributed by atoms with E-state index in [1.54, 1.807) is 12.1 Å². The lowest BCUT2D eigenvalue weighted by Crippen LogP contribution is -2.19. The first-order valence-electron chi connectivity index (χ1n) is 9.34. The van der Waals surface area contributed by atoms with Gasteiger partial charge in [-0.05, 0) is 36.2 Å². The fraction of sp³-hybridized carbons (Fsp3) is 0.143. The highest BCUT2D eigenvalue weighted by Gasteiger charge is 2.19. The van der Waals surface area contributed by atoms with E-state index < -0.39 is 17.5 Å². The molecule has 1 amide bonds. The molecule has 0 unspecified atom stereocenters. The van der Waals surface area contributed by atoms with Gasteiger partial charge in [-0.2, -0.15) is 9.78 Å². The number of halogens is 2. The number of nitrogens with one attached hydrogen (secondary N) is 2. The zero-order valence-corrected chi connectivity index (χ0v) is 16.5. The molecule has 0 saturated carbocycles. The number of hydrogen-bond donors (Lipinski definition) is 2. The summed E-state index contributed by atoms with van der Waals surface area (Å²) in [6.45, 7) is 3.77. The lowest BCUT2D eigenvalue weighted by Gasteiger charge is -2.10. The summed E-state index contributed by atoms with van der Waals surface area (Å²) >= 11 is 0. The highest BCUT2D eigenvalue weighted by atomic mass is 19.2. The number of hydrogen-bond acceptors (Lipinski definition) is 5. The summed E-state index contributed by atoms with van der Waals surface area (Å²) in [6, 6.07) is 9.05. The van der Waals surface area contributed by atoms with Gasteiger partial charge < -0.3 is 9.73 Å². The number of nitrogens with zero attached hydrogens (tertiary/aromatic N) is 3. The highest BCUT2D eigenvalue weighted by Crippen LogP contribution is 2.25. The van der Waals surface area contributed by atoms with Gasteiger partial charge in [0.2, 0.25) is 5.95 Å². The Labute approximate surface area is 174 Å². The minimum Gasteiger partial charge on any atom is -0.463 e. The van der Waals surface area contributed by atoms with Gasteiger partial charge in [-0.1, -0.05) is 13.8 Å². The van der Waals surface area contributed by atoms with Gasteiger partial charge >= 0.3 is 0 Å². The number of rotatable bonds is 5. The molecule has 3 heterocycles. The Morgan fingerprint density at radius 2 is 1.97 bits per heavy atom. The standard InChI is InChI=1S/C21H17F2N5O3/c1-11(2)15-10-19(29)26-21(24-15)28-18(9-16(27-28)17-4-3-7-31-17)25-20(30)12-5-6-13(22)14(23)8-12/h3-11H,1-2H3,(H,25,30)(H,24,26,29). The summed E-state index contributed by atoms with van der Waals surface area (Å²) < 4.78 is 33.3. The van der Waals surface area contributed by atoms with Crippen molar-refractivity contribution in [3.63, 3.8) is 0 Å². The van der Waals surface area contributed by atoms with Gasteiger partial charge in [-0.3, -0.25) is 14.6 Å². The van der Waals surface area contributed by atoms with E-state index >= 15 is 0 Å². The maximum atomic E-state index is 13.5. The Bertz CT molecular complexity index is 1310. The molecular weight excluding hydrogens is 408 g/mol. The summed E-state index contributed by atoms with van der Waals surface area (Å²) in [7, 11) is 0. The van der Waals surface area contributed by atoms with E-state index in [0.29, 0.717) is 17.1 Å². The molecule has 0 aliphatic carbocycles. The Hall–Kier alpha value is -4.08. The van der Waals surface area contributed by atoms with Crippen LogP contribution >= 0.6 is 0 Å². The van der Waals surface area contributed by atoms with Gasteiger partial charge in [0.1, 0.15) is 11.5 Å². The molecular formula is C21H17F2N5O3. The molecule has 0 fully saturated rings. The number of carbonyl (C=O) groups is 1. The summed E-state index contributed by atoms with van der Waals surface area (Å²) in [5.74, 6) is -2.29. The van der Waals surface area contributed by atoms with Crippen molar-refractivity contribution in [3.05, 3.63) is 82.0 Å². The van der Waals surface area contributed by atoms with Crippen LogP contribution in [0.3, 0.4) is 0 Å². The smallest absolute Gasteiger partial charge is 0.256 e. The molecule has 0 bridgehead atoms. The van der Waals surface area contributed by atoms with E-state index in [1.165, 1.54) is 23.1 Å². The van der Waals surface area contributed by atoms with Crippen LogP contribution < -0.4 is 10.9 Å². The second-order valence-corrected chi connectivity index (χ2v) is 7.04. The molecule has 0 radical (unpaired) electrons. The average Bonchev–Trinajstić information content (AvgIpc) is 3.39. The van der Waals surface area contributed by atoms with Crippen molar-refractivity contribution in [2.45, 2.75) is 19.8 Å². The van der Waals surface area contributed by atoms with Crippen molar-refractivity contribution < 1.29 is 18.0 Å². The normalized spacial score (nSPS) is 11.1. The molecule has 0 atom stereocenters. The summed E-state index contributed by atoms with van der Waals surface area (Å²) in [5.41, 5.74) is 0.417. The Kier molecular flexibility index (Phi) is 5.20. The average molecular weight is 425 g/mol. The Morgan fingerprint density at radius 3 is 2.65 bits per heavy atom. The number of carbonyl (C=O) groups excluding carboxylic acids is 1. The lowest BCUT2D eigenvalue weighted by molar-refractivity contribution is 0.102. The minimum absolute atomic E-state index is 0.0265. The number of amides is 1. The quantitative estimate of drug-likeness (QED) is 0.505. The fourth-order valence-electron chi connectivity index (χ4n) is 2.86. The third kappa shape index (κ3) is 4.13. The molecule has 8 nitrogen and oxygen atoms in total. The number of benzene rings is 1. The van der Waals surface area contributed by atoms with Crippen LogP contribution in [-0.2, 0) is 0 Å². The highest BCUT2D eigenvalue weighted by molar-refractivity contribution is 6.04. The van der Waals surface area contributed by atoms with Crippen LogP contribution in [-0.4, -0.2) is 25.7 Å². The van der Waals surface area contributed by atoms with E-state index in [0.717, 1.165) is 18.2 Å². The molecule has 4 rings (SSSR count). The van der Waals surface area contributed by atoms with Crippen LogP contribution in [0.4, 0.5) is 14.6 Å². The first-order valence-corrected chi connectivity index (χ1v) is 9.34. The van der Waals surface area contributed by atoms with Crippen LogP contribution in [0.1, 0.15) is 35.8 Å². The molecule has 2 N–H and O–H groups in total. The van der Waals surface area contributed by atoms with E-state index in [9.17, 15) is 18.4 Å². The van der Waals surface area contributed by atoms with Crippen LogP contribution in [0.15, 0.2) is 57.9 Å². The van der Waals surface area contributed by atoms with Crippen molar-refractivity contribution >= 4 is 11.7 Å². The van der Waals surface area contributed by atoms with Crippen LogP contribution in [0.2, 0.25) is 0 Å². The zero-order chi connectivity index (χ0) is 22.1. The number of H-pyrrole nitrogens is 1. The van der Waals surface area contributed by atoms with Crippen molar-refractivity contribution in [2.24, 2.45) is 0 Å². The molecule has 0 aliphatic heterocycles. The van der Waals surface area contributed by atoms with Crippen molar-refractivity contribution in [1.82, 2.24) is 19.7 Å². The summed E-state index contributed by atoms with van der Waals surface area (Å²) in [4.78, 5) is 31.8. The molecule has 0 saturated heterocycles. The first-order chi connectivity index (χ1) is 14.8. The third-order valence-electron chi connectivity index (χ3n) is 4.45. The first kappa shape index (κ1) is 20.2. The SMILES string of the molecule is CC(C)c1cc(=O)[nH]c(-n2nc(-c3ccco3)cc2NC(=O)c2ccc(F)c(F)c2)n1. The molecule has 10 heteroatoms. The molecule has 4 aromatic rings. The van der Waals surface area contributed by atoms with E-state index in [1.807, 2.05) is 13.8 Å². The van der Waals surface area contributed by atoms with E-state index in [2.05, 4.69) is 20.4 Å². The van der Waals surface area contributed by atoms with Crippen molar-refractivity contribution in [2.75, 3.05) is 5.32 Å². The largest absolute Gasteiger partial charge is 0.463 e. The van der Waals surface area contributed by atoms with E-state index in [-0.39, 0.29) is 28.8 Å². The summed E-state index contributed by atoms with van der Waals surface area (Å²) in [5, 5.41) is 6.98. The zero-order valence-electron chi connectivity index (χ0n) is 16.5. The second-order valence-electron chi connectivity index (χ2n) is 7.04. The maximum Gasteiger partial charge on any atom is 0.256 e. The number of aromatic nitrogens is 4. The molecule has 1 aromatic carbocycles. The predicted molar refractivity (Wildman–Crippen MR) is 108 cm³/mol. The Morgan fingerprint density at radius 1 is 1.16 bits per heavy atom. The maximum absolute atomic E-state index is 13.5. The molecule has 158 valence electrons. The van der Waals surface area contributed by atoms with Crippen LogP contribution in [0, 0.1) is 11.6 Å². The van der Waals surface area contributed by atoms with Crippen LogP contribution in [0.25, 0.3) is 17.4 Å². The molecule has 3 aromatic heterocycles. The number of furan rings is 1.